The Bertz CT molecular complexity index is 1100. The zero-order valence-corrected chi connectivity index (χ0v) is 14.7. The molecule has 26 heavy (non-hydrogen) atoms. The molecule has 0 spiro atoms. The molecule has 1 N–H and O–H groups in total. The summed E-state index contributed by atoms with van der Waals surface area (Å²) >= 11 is 2.37. The Morgan fingerprint density at radius 3 is 2.88 bits per heavy atom. The number of nitro benzene ring substituents is 1. The van der Waals surface area contributed by atoms with E-state index in [0.29, 0.717) is 26.2 Å². The van der Waals surface area contributed by atoms with E-state index in [1.807, 2.05) is 24.3 Å². The molecule has 2 aromatic carbocycles. The number of nitro groups is 1. The van der Waals surface area contributed by atoms with E-state index in [1.54, 1.807) is 6.07 Å². The Hall–Kier alpha value is -2.98. The molecule has 1 amide bonds. The molecule has 0 fully saturated rings. The number of carbonyl (C=O) groups is 1. The first-order valence-electron chi connectivity index (χ1n) is 7.42. The van der Waals surface area contributed by atoms with Crippen molar-refractivity contribution in [2.75, 3.05) is 11.1 Å². The molecule has 0 radical (unpaired) electrons. The lowest BCUT2D eigenvalue weighted by molar-refractivity contribution is -0.384. The number of hydrogen-bond acceptors (Lipinski definition) is 8. The molecule has 0 aliphatic rings. The van der Waals surface area contributed by atoms with E-state index >= 15 is 0 Å². The number of anilines is 1. The summed E-state index contributed by atoms with van der Waals surface area (Å²) in [6.07, 6.45) is 0. The number of benzene rings is 2. The molecule has 4 rings (SSSR count). The molecule has 0 saturated heterocycles. The molecule has 0 saturated carbocycles. The summed E-state index contributed by atoms with van der Waals surface area (Å²) in [4.78, 5) is 31.0. The summed E-state index contributed by atoms with van der Waals surface area (Å²) in [5.74, 6) is -0.145. The van der Waals surface area contributed by atoms with Crippen molar-refractivity contribution in [1.82, 2.24) is 9.97 Å². The molecular formula is C16H10N4O4S2. The van der Waals surface area contributed by atoms with Crippen LogP contribution in [-0.2, 0) is 4.79 Å². The van der Waals surface area contributed by atoms with Crippen molar-refractivity contribution in [3.63, 3.8) is 0 Å². The lowest BCUT2D eigenvalue weighted by atomic mass is 10.3. The van der Waals surface area contributed by atoms with Crippen LogP contribution in [0.4, 0.5) is 10.8 Å². The number of nitrogens with one attached hydrogen (secondary N) is 1. The first kappa shape index (κ1) is 16.5. The maximum Gasteiger partial charge on any atom is 0.270 e. The average Bonchev–Trinajstić information content (AvgIpc) is 3.21. The minimum atomic E-state index is -0.464. The van der Waals surface area contributed by atoms with Gasteiger partial charge in [0.15, 0.2) is 10.7 Å². The van der Waals surface area contributed by atoms with Gasteiger partial charge in [-0.3, -0.25) is 14.9 Å². The van der Waals surface area contributed by atoms with E-state index in [2.05, 4.69) is 15.3 Å². The van der Waals surface area contributed by atoms with Gasteiger partial charge in [-0.25, -0.2) is 9.97 Å². The van der Waals surface area contributed by atoms with Gasteiger partial charge in [0.2, 0.25) is 5.91 Å². The predicted molar refractivity (Wildman–Crippen MR) is 99.6 cm³/mol. The minimum Gasteiger partial charge on any atom is -0.431 e. The number of rotatable bonds is 5. The van der Waals surface area contributed by atoms with Gasteiger partial charge in [-0.05, 0) is 18.2 Å². The molecule has 130 valence electrons. The number of thioether (sulfide) groups is 1. The molecule has 0 unspecified atom stereocenters. The second kappa shape index (κ2) is 6.73. The topological polar surface area (TPSA) is 111 Å². The van der Waals surface area contributed by atoms with Crippen molar-refractivity contribution in [2.24, 2.45) is 0 Å². The van der Waals surface area contributed by atoms with E-state index in [9.17, 15) is 14.9 Å². The maximum absolute atomic E-state index is 12.1. The van der Waals surface area contributed by atoms with Crippen LogP contribution in [0.1, 0.15) is 0 Å². The fourth-order valence-electron chi connectivity index (χ4n) is 2.28. The number of amides is 1. The van der Waals surface area contributed by atoms with Gasteiger partial charge in [-0.15, -0.1) is 0 Å². The standard InChI is InChI=1S/C16H10N4O4S2/c21-14(8-25-16-18-10-3-1-2-4-12(10)24-16)19-15-17-11-6-5-9(20(22)23)7-13(11)26-15/h1-7H,8H2,(H,17,19,21). The summed E-state index contributed by atoms with van der Waals surface area (Å²) < 4.78 is 6.19. The monoisotopic (exact) mass is 386 g/mol. The molecular weight excluding hydrogens is 376 g/mol. The van der Waals surface area contributed by atoms with Crippen LogP contribution in [0, 0.1) is 10.1 Å². The normalized spacial score (nSPS) is 11.1. The summed E-state index contributed by atoms with van der Waals surface area (Å²) in [5.41, 5.74) is 2.00. The third-order valence-corrected chi connectivity index (χ3v) is 5.19. The van der Waals surface area contributed by atoms with Gasteiger partial charge in [-0.2, -0.15) is 0 Å². The number of fused-ring (bicyclic) bond motifs is 2. The number of non-ortho nitro benzene ring substituents is 1. The largest absolute Gasteiger partial charge is 0.431 e. The SMILES string of the molecule is O=C(CSc1nc2ccccc2o1)Nc1nc2ccc([N+](=O)[O-])cc2s1. The highest BCUT2D eigenvalue weighted by Crippen LogP contribution is 2.29. The summed E-state index contributed by atoms with van der Waals surface area (Å²) in [5, 5.41) is 14.3. The number of hydrogen-bond donors (Lipinski definition) is 1. The molecule has 0 atom stereocenters. The number of nitrogens with zero attached hydrogens (tertiary/aromatic N) is 3. The number of thiazole rings is 1. The van der Waals surface area contributed by atoms with Crippen LogP contribution < -0.4 is 5.32 Å². The van der Waals surface area contributed by atoms with Gasteiger partial charge < -0.3 is 9.73 Å². The van der Waals surface area contributed by atoms with E-state index in [0.717, 1.165) is 5.52 Å². The van der Waals surface area contributed by atoms with Crippen molar-refractivity contribution >= 4 is 61.1 Å². The van der Waals surface area contributed by atoms with Gasteiger partial charge in [0.1, 0.15) is 5.52 Å². The second-order valence-electron chi connectivity index (χ2n) is 5.21. The highest BCUT2D eigenvalue weighted by atomic mass is 32.2. The van der Waals surface area contributed by atoms with Gasteiger partial charge in [0, 0.05) is 12.1 Å². The Morgan fingerprint density at radius 1 is 1.23 bits per heavy atom. The Morgan fingerprint density at radius 2 is 2.08 bits per heavy atom. The van der Waals surface area contributed by atoms with Crippen molar-refractivity contribution in [1.29, 1.82) is 0 Å². The Labute approximate surface area is 154 Å². The molecule has 0 bridgehead atoms. The van der Waals surface area contributed by atoms with Gasteiger partial charge in [0.25, 0.3) is 10.9 Å². The van der Waals surface area contributed by atoms with Crippen LogP contribution >= 0.6 is 23.1 Å². The maximum atomic E-state index is 12.1. The van der Waals surface area contributed by atoms with Crippen molar-refractivity contribution in [3.05, 3.63) is 52.6 Å². The smallest absolute Gasteiger partial charge is 0.270 e. The fourth-order valence-corrected chi connectivity index (χ4v) is 3.83. The van der Waals surface area contributed by atoms with E-state index in [-0.39, 0.29) is 17.3 Å². The molecule has 4 aromatic rings. The fraction of sp³-hybridized carbons (Fsp3) is 0.0625. The average molecular weight is 386 g/mol. The zero-order chi connectivity index (χ0) is 18.1. The lowest BCUT2D eigenvalue weighted by Gasteiger charge is -1.98. The van der Waals surface area contributed by atoms with Crippen LogP contribution in [0.5, 0.6) is 0 Å². The second-order valence-corrected chi connectivity index (χ2v) is 7.17. The zero-order valence-electron chi connectivity index (χ0n) is 13.0. The number of aromatic nitrogens is 2. The van der Waals surface area contributed by atoms with Gasteiger partial charge >= 0.3 is 0 Å². The molecule has 2 heterocycles. The summed E-state index contributed by atoms with van der Waals surface area (Å²) in [6, 6.07) is 11.8. The van der Waals surface area contributed by atoms with E-state index in [1.165, 1.54) is 35.2 Å². The highest BCUT2D eigenvalue weighted by molar-refractivity contribution is 7.99. The van der Waals surface area contributed by atoms with E-state index in [4.69, 9.17) is 4.42 Å². The highest BCUT2D eigenvalue weighted by Gasteiger charge is 2.13. The number of oxazole rings is 1. The van der Waals surface area contributed by atoms with Crippen molar-refractivity contribution in [2.45, 2.75) is 5.22 Å². The van der Waals surface area contributed by atoms with Crippen molar-refractivity contribution in [3.8, 4) is 0 Å². The molecule has 2 aromatic heterocycles. The first-order chi connectivity index (χ1) is 12.6. The van der Waals surface area contributed by atoms with Crippen molar-refractivity contribution < 1.29 is 14.1 Å². The number of para-hydroxylation sites is 2. The van der Waals surface area contributed by atoms with Crippen LogP contribution in [0.3, 0.4) is 0 Å². The van der Waals surface area contributed by atoms with Crippen LogP contribution in [-0.4, -0.2) is 26.6 Å². The summed E-state index contributed by atoms with van der Waals surface area (Å²) in [7, 11) is 0. The third-order valence-electron chi connectivity index (χ3n) is 3.43. The third kappa shape index (κ3) is 3.37. The molecule has 8 nitrogen and oxygen atoms in total. The van der Waals surface area contributed by atoms with Crippen LogP contribution in [0.15, 0.2) is 52.1 Å². The van der Waals surface area contributed by atoms with Gasteiger partial charge in [0.05, 0.1) is 20.9 Å². The molecule has 0 aliphatic heterocycles. The predicted octanol–water partition coefficient (Wildman–Crippen LogP) is 4.08. The van der Waals surface area contributed by atoms with Crippen LogP contribution in [0.25, 0.3) is 21.3 Å². The first-order valence-corrected chi connectivity index (χ1v) is 9.22. The minimum absolute atomic E-state index is 0.00876. The quantitative estimate of drug-likeness (QED) is 0.312. The van der Waals surface area contributed by atoms with E-state index < -0.39 is 4.92 Å². The lowest BCUT2D eigenvalue weighted by Crippen LogP contribution is -2.13. The molecule has 10 heteroatoms. The Balaban J connectivity index is 1.42. The number of carbonyl (C=O) groups excluding carboxylic acids is 1. The van der Waals surface area contributed by atoms with Crippen LogP contribution in [0.2, 0.25) is 0 Å². The summed E-state index contributed by atoms with van der Waals surface area (Å²) in [6.45, 7) is 0. The Kier molecular flexibility index (Phi) is 4.27. The van der Waals surface area contributed by atoms with Gasteiger partial charge in [-0.1, -0.05) is 35.2 Å². The molecule has 0 aliphatic carbocycles.